The molecule has 6 heteroatoms. The highest BCUT2D eigenvalue weighted by molar-refractivity contribution is 5.28. The smallest absolute Gasteiger partial charge is 0.255 e. The Hall–Kier alpha value is -1.43. The second-order valence-electron chi connectivity index (χ2n) is 5.02. The molecule has 2 rings (SSSR count). The Kier molecular flexibility index (Phi) is 5.98. The van der Waals surface area contributed by atoms with E-state index in [0.29, 0.717) is 12.6 Å². The van der Waals surface area contributed by atoms with Crippen LogP contribution < -0.4 is 10.1 Å². The van der Waals surface area contributed by atoms with E-state index in [1.165, 1.54) is 19.3 Å². The van der Waals surface area contributed by atoms with Gasteiger partial charge in [0.05, 0.1) is 6.20 Å². The van der Waals surface area contributed by atoms with Gasteiger partial charge in [-0.1, -0.05) is 13.3 Å². The zero-order valence-corrected chi connectivity index (χ0v) is 12.1. The third kappa shape index (κ3) is 4.59. The van der Waals surface area contributed by atoms with E-state index in [4.69, 9.17) is 4.74 Å². The molecule has 1 N–H and O–H groups in total. The van der Waals surface area contributed by atoms with Gasteiger partial charge in [0.25, 0.3) is 5.88 Å². The Morgan fingerprint density at radius 2 is 2.15 bits per heavy atom. The van der Waals surface area contributed by atoms with Crippen LogP contribution in [0.1, 0.15) is 32.6 Å². The van der Waals surface area contributed by atoms with Crippen LogP contribution in [0.3, 0.4) is 0 Å². The molecule has 0 aromatic carbocycles. The summed E-state index contributed by atoms with van der Waals surface area (Å²) in [6.07, 6.45) is 5.91. The molecule has 0 atom stereocenters. The van der Waals surface area contributed by atoms with E-state index in [2.05, 4.69) is 20.2 Å². The van der Waals surface area contributed by atoms with Crippen molar-refractivity contribution in [1.29, 1.82) is 0 Å². The van der Waals surface area contributed by atoms with E-state index in [-0.39, 0.29) is 5.88 Å². The Morgan fingerprint density at radius 3 is 2.90 bits per heavy atom. The highest BCUT2D eigenvalue weighted by Gasteiger charge is 2.12. The van der Waals surface area contributed by atoms with E-state index >= 15 is 0 Å². The van der Waals surface area contributed by atoms with Crippen molar-refractivity contribution in [2.24, 2.45) is 0 Å². The Labute approximate surface area is 119 Å². The van der Waals surface area contributed by atoms with Gasteiger partial charge in [-0.3, -0.25) is 4.90 Å². The summed E-state index contributed by atoms with van der Waals surface area (Å²) in [7, 11) is 0. The fraction of sp³-hybridized carbons (Fsp3) is 0.714. The van der Waals surface area contributed by atoms with E-state index in [9.17, 15) is 4.39 Å². The highest BCUT2D eigenvalue weighted by Crippen LogP contribution is 2.15. The van der Waals surface area contributed by atoms with Crippen LogP contribution in [-0.2, 0) is 0 Å². The molecule has 0 spiro atoms. The van der Waals surface area contributed by atoms with Crippen molar-refractivity contribution in [1.82, 2.24) is 14.9 Å². The maximum atomic E-state index is 13.6. The van der Waals surface area contributed by atoms with Crippen LogP contribution in [0.4, 0.5) is 10.3 Å². The molecule has 1 aromatic rings. The number of hydrogen-bond acceptors (Lipinski definition) is 5. The zero-order chi connectivity index (χ0) is 14.2. The second kappa shape index (κ2) is 7.99. The summed E-state index contributed by atoms with van der Waals surface area (Å²) >= 11 is 0. The summed E-state index contributed by atoms with van der Waals surface area (Å²) in [5.41, 5.74) is 0. The summed E-state index contributed by atoms with van der Waals surface area (Å²) < 4.78 is 19.0. The zero-order valence-electron chi connectivity index (χ0n) is 12.1. The molecule has 20 heavy (non-hydrogen) atoms. The SMILES string of the molecule is CCCNc1ncc(F)c(OCCN2CCCCC2)n1. The molecule has 1 aliphatic heterocycles. The number of nitrogens with one attached hydrogen (secondary N) is 1. The van der Waals surface area contributed by atoms with Gasteiger partial charge in [0.2, 0.25) is 11.8 Å². The fourth-order valence-electron chi connectivity index (χ4n) is 2.23. The summed E-state index contributed by atoms with van der Waals surface area (Å²) in [5, 5.41) is 3.02. The van der Waals surface area contributed by atoms with Crippen molar-refractivity contribution in [2.45, 2.75) is 32.6 Å². The Bertz CT molecular complexity index is 410. The predicted molar refractivity (Wildman–Crippen MR) is 76.6 cm³/mol. The van der Waals surface area contributed by atoms with Gasteiger partial charge in [0.1, 0.15) is 6.61 Å². The number of hydrogen-bond donors (Lipinski definition) is 1. The number of nitrogens with zero attached hydrogens (tertiary/aromatic N) is 3. The third-order valence-corrected chi connectivity index (χ3v) is 3.34. The second-order valence-corrected chi connectivity index (χ2v) is 5.02. The summed E-state index contributed by atoms with van der Waals surface area (Å²) in [4.78, 5) is 10.3. The third-order valence-electron chi connectivity index (χ3n) is 3.34. The van der Waals surface area contributed by atoms with Crippen molar-refractivity contribution >= 4 is 5.95 Å². The van der Waals surface area contributed by atoms with E-state index in [1.807, 2.05) is 6.92 Å². The van der Waals surface area contributed by atoms with Crippen LogP contribution in [-0.4, -0.2) is 47.7 Å². The van der Waals surface area contributed by atoms with Crippen molar-refractivity contribution in [3.05, 3.63) is 12.0 Å². The van der Waals surface area contributed by atoms with Crippen LogP contribution in [0.5, 0.6) is 5.88 Å². The first-order valence-electron chi connectivity index (χ1n) is 7.41. The Balaban J connectivity index is 1.81. The van der Waals surface area contributed by atoms with Crippen LogP contribution in [0.2, 0.25) is 0 Å². The summed E-state index contributed by atoms with van der Waals surface area (Å²) in [5.74, 6) is -0.0532. The molecule has 112 valence electrons. The standard InChI is InChI=1S/C14H23FN4O/c1-2-6-16-14-17-11-12(15)13(18-14)20-10-9-19-7-4-3-5-8-19/h11H,2-10H2,1H3,(H,16,17,18). The molecule has 0 amide bonds. The maximum absolute atomic E-state index is 13.6. The van der Waals surface area contributed by atoms with Gasteiger partial charge in [-0.05, 0) is 32.4 Å². The molecule has 0 aliphatic carbocycles. The molecule has 2 heterocycles. The number of piperidine rings is 1. The molecule has 1 aliphatic rings. The molecule has 1 saturated heterocycles. The van der Waals surface area contributed by atoms with Gasteiger partial charge in [-0.25, -0.2) is 4.98 Å². The van der Waals surface area contributed by atoms with Crippen LogP contribution in [0, 0.1) is 5.82 Å². The number of halogens is 1. The number of ether oxygens (including phenoxy) is 1. The monoisotopic (exact) mass is 282 g/mol. The quantitative estimate of drug-likeness (QED) is 0.831. The van der Waals surface area contributed by atoms with E-state index < -0.39 is 5.82 Å². The molecule has 0 bridgehead atoms. The molecule has 0 radical (unpaired) electrons. The first-order chi connectivity index (χ1) is 9.79. The van der Waals surface area contributed by atoms with Crippen LogP contribution >= 0.6 is 0 Å². The average Bonchev–Trinajstić information content (AvgIpc) is 2.49. The van der Waals surface area contributed by atoms with Crippen molar-refractivity contribution in [2.75, 3.05) is 38.1 Å². The van der Waals surface area contributed by atoms with E-state index in [0.717, 1.165) is 38.8 Å². The van der Waals surface area contributed by atoms with Gasteiger partial charge in [-0.15, -0.1) is 0 Å². The Morgan fingerprint density at radius 1 is 1.35 bits per heavy atom. The minimum atomic E-state index is -0.509. The normalized spacial score (nSPS) is 16.1. The topological polar surface area (TPSA) is 50.3 Å². The van der Waals surface area contributed by atoms with Gasteiger partial charge in [0.15, 0.2) is 0 Å². The average molecular weight is 282 g/mol. The van der Waals surface area contributed by atoms with Crippen molar-refractivity contribution < 1.29 is 9.13 Å². The maximum Gasteiger partial charge on any atom is 0.255 e. The molecule has 0 saturated carbocycles. The minimum absolute atomic E-state index is 0.0376. The first-order valence-corrected chi connectivity index (χ1v) is 7.41. The number of rotatable bonds is 7. The highest BCUT2D eigenvalue weighted by atomic mass is 19.1. The lowest BCUT2D eigenvalue weighted by molar-refractivity contribution is 0.177. The number of aromatic nitrogens is 2. The summed E-state index contributed by atoms with van der Waals surface area (Å²) in [6.45, 7) is 6.31. The van der Waals surface area contributed by atoms with Crippen LogP contribution in [0.15, 0.2) is 6.20 Å². The lowest BCUT2D eigenvalue weighted by Crippen LogP contribution is -2.33. The summed E-state index contributed by atoms with van der Waals surface area (Å²) in [6, 6.07) is 0. The molecule has 0 unspecified atom stereocenters. The molecular formula is C14H23FN4O. The lowest BCUT2D eigenvalue weighted by atomic mass is 10.1. The predicted octanol–water partition coefficient (Wildman–Crippen LogP) is 2.30. The van der Waals surface area contributed by atoms with Crippen molar-refractivity contribution in [3.8, 4) is 5.88 Å². The van der Waals surface area contributed by atoms with Crippen LogP contribution in [0.25, 0.3) is 0 Å². The van der Waals surface area contributed by atoms with Gasteiger partial charge in [-0.2, -0.15) is 9.37 Å². The largest absolute Gasteiger partial charge is 0.474 e. The van der Waals surface area contributed by atoms with Gasteiger partial charge < -0.3 is 10.1 Å². The van der Waals surface area contributed by atoms with E-state index in [1.54, 1.807) is 0 Å². The molecule has 5 nitrogen and oxygen atoms in total. The molecule has 1 fully saturated rings. The van der Waals surface area contributed by atoms with Crippen molar-refractivity contribution in [3.63, 3.8) is 0 Å². The molecular weight excluding hydrogens is 259 g/mol. The first kappa shape index (κ1) is 15.0. The minimum Gasteiger partial charge on any atom is -0.474 e. The fourth-order valence-corrected chi connectivity index (χ4v) is 2.23. The van der Waals surface area contributed by atoms with Gasteiger partial charge in [0, 0.05) is 13.1 Å². The number of anilines is 1. The lowest BCUT2D eigenvalue weighted by Gasteiger charge is -2.26. The molecule has 1 aromatic heterocycles. The van der Waals surface area contributed by atoms with Gasteiger partial charge >= 0.3 is 0 Å². The number of likely N-dealkylation sites (tertiary alicyclic amines) is 1.